The molecule has 1 N–H and O–H groups in total. The molecule has 6 nitrogen and oxygen atoms in total. The lowest BCUT2D eigenvalue weighted by Gasteiger charge is -2.28. The number of nitrogens with zero attached hydrogens (tertiary/aromatic N) is 2. The maximum absolute atomic E-state index is 13.5. The van der Waals surface area contributed by atoms with E-state index in [-0.39, 0.29) is 24.7 Å². The van der Waals surface area contributed by atoms with Gasteiger partial charge in [0.1, 0.15) is 6.04 Å². The van der Waals surface area contributed by atoms with E-state index in [1.807, 2.05) is 60.8 Å². The number of rotatable bonds is 7. The van der Waals surface area contributed by atoms with Crippen LogP contribution in [0.1, 0.15) is 17.5 Å². The third kappa shape index (κ3) is 4.70. The van der Waals surface area contributed by atoms with Gasteiger partial charge >= 0.3 is 0 Å². The predicted octanol–water partition coefficient (Wildman–Crippen LogP) is 4.77. The van der Waals surface area contributed by atoms with Crippen LogP contribution in [-0.4, -0.2) is 40.2 Å². The predicted molar refractivity (Wildman–Crippen MR) is 136 cm³/mol. The number of benzene rings is 3. The lowest BCUT2D eigenvalue weighted by Crippen LogP contribution is -2.47. The van der Waals surface area contributed by atoms with E-state index < -0.39 is 11.9 Å². The van der Waals surface area contributed by atoms with E-state index in [4.69, 9.17) is 11.6 Å². The molecule has 4 aromatic rings. The molecule has 1 fully saturated rings. The molecule has 1 aliphatic rings. The zero-order valence-electron chi connectivity index (χ0n) is 19.0. The molecule has 7 heteroatoms. The summed E-state index contributed by atoms with van der Waals surface area (Å²) < 4.78 is 0. The van der Waals surface area contributed by atoms with Crippen molar-refractivity contribution in [2.75, 3.05) is 11.4 Å². The summed E-state index contributed by atoms with van der Waals surface area (Å²) in [7, 11) is 0. The van der Waals surface area contributed by atoms with Crippen LogP contribution in [0.15, 0.2) is 85.1 Å². The number of halogens is 1. The number of hydrogen-bond donors (Lipinski definition) is 1. The van der Waals surface area contributed by atoms with E-state index in [0.29, 0.717) is 23.7 Å². The van der Waals surface area contributed by atoms with Crippen LogP contribution in [0.5, 0.6) is 0 Å². The summed E-state index contributed by atoms with van der Waals surface area (Å²) in [5, 5.41) is 1.60. The van der Waals surface area contributed by atoms with Crippen LogP contribution in [0.4, 0.5) is 5.69 Å². The summed E-state index contributed by atoms with van der Waals surface area (Å²) in [6, 6.07) is 23.1. The Morgan fingerprint density at radius 2 is 1.69 bits per heavy atom. The molecule has 2 heterocycles. The molecule has 0 bridgehead atoms. The van der Waals surface area contributed by atoms with Gasteiger partial charge in [-0.15, -0.1) is 0 Å². The van der Waals surface area contributed by atoms with Crippen LogP contribution < -0.4 is 4.90 Å². The SMILES string of the molecule is O=C1CC(N(CCc2c[nH]c3ccccc23)C(=O)Cc2ccccc2)C(=O)N1c1ccc(Cl)cc1. The zero-order chi connectivity index (χ0) is 24.4. The second-order valence-corrected chi connectivity index (χ2v) is 9.06. The fourth-order valence-electron chi connectivity index (χ4n) is 4.63. The van der Waals surface area contributed by atoms with Crippen molar-refractivity contribution >= 4 is 45.9 Å². The van der Waals surface area contributed by atoms with Gasteiger partial charge in [-0.2, -0.15) is 0 Å². The number of amides is 3. The number of hydrogen-bond acceptors (Lipinski definition) is 3. The summed E-state index contributed by atoms with van der Waals surface area (Å²) >= 11 is 5.98. The van der Waals surface area contributed by atoms with E-state index in [1.165, 1.54) is 0 Å². The van der Waals surface area contributed by atoms with E-state index in [0.717, 1.165) is 26.9 Å². The third-order valence-electron chi connectivity index (χ3n) is 6.40. The van der Waals surface area contributed by atoms with E-state index in [1.54, 1.807) is 29.2 Å². The molecule has 1 unspecified atom stereocenters. The highest BCUT2D eigenvalue weighted by Crippen LogP contribution is 2.28. The molecule has 1 aromatic heterocycles. The number of anilines is 1. The first kappa shape index (κ1) is 22.9. The Kier molecular flexibility index (Phi) is 6.38. The standard InChI is InChI=1S/C28H24ClN3O3/c29-21-10-12-22(13-11-21)32-27(34)17-25(28(32)35)31(26(33)16-19-6-2-1-3-7-19)15-14-20-18-30-24-9-5-4-8-23(20)24/h1-13,18,25,30H,14-17H2. The molecule has 0 aliphatic carbocycles. The van der Waals surface area contributed by atoms with Crippen LogP contribution in [0.3, 0.4) is 0 Å². The number of fused-ring (bicyclic) bond motifs is 1. The largest absolute Gasteiger partial charge is 0.361 e. The molecule has 35 heavy (non-hydrogen) atoms. The quantitative estimate of drug-likeness (QED) is 0.383. The Morgan fingerprint density at radius 3 is 2.46 bits per heavy atom. The topological polar surface area (TPSA) is 73.5 Å². The van der Waals surface area contributed by atoms with Gasteiger partial charge in [0.2, 0.25) is 11.8 Å². The Balaban J connectivity index is 1.42. The average Bonchev–Trinajstić information content (AvgIpc) is 3.41. The third-order valence-corrected chi connectivity index (χ3v) is 6.65. The summed E-state index contributed by atoms with van der Waals surface area (Å²) in [5.74, 6) is -0.898. The Hall–Kier alpha value is -3.90. The van der Waals surface area contributed by atoms with Gasteiger partial charge in [-0.3, -0.25) is 14.4 Å². The highest BCUT2D eigenvalue weighted by Gasteiger charge is 2.44. The van der Waals surface area contributed by atoms with E-state index >= 15 is 0 Å². The normalized spacial score (nSPS) is 15.7. The summed E-state index contributed by atoms with van der Waals surface area (Å²) in [4.78, 5) is 45.8. The number of imide groups is 1. The lowest BCUT2D eigenvalue weighted by molar-refractivity contribution is -0.137. The van der Waals surface area contributed by atoms with Gasteiger partial charge in [-0.25, -0.2) is 4.90 Å². The molecule has 0 radical (unpaired) electrons. The first-order valence-corrected chi connectivity index (χ1v) is 11.9. The Bertz CT molecular complexity index is 1380. The fourth-order valence-corrected chi connectivity index (χ4v) is 4.75. The Labute approximate surface area is 208 Å². The van der Waals surface area contributed by atoms with Gasteiger partial charge in [0.25, 0.3) is 5.91 Å². The van der Waals surface area contributed by atoms with Gasteiger partial charge in [0.15, 0.2) is 0 Å². The smallest absolute Gasteiger partial charge is 0.257 e. The molecule has 1 atom stereocenters. The van der Waals surface area contributed by atoms with Crippen LogP contribution in [0.2, 0.25) is 5.02 Å². The second kappa shape index (κ2) is 9.76. The number of para-hydroxylation sites is 1. The van der Waals surface area contributed by atoms with Crippen molar-refractivity contribution in [3.05, 3.63) is 101 Å². The average molecular weight is 486 g/mol. The number of carbonyl (C=O) groups is 3. The molecule has 176 valence electrons. The number of aromatic amines is 1. The maximum Gasteiger partial charge on any atom is 0.257 e. The number of carbonyl (C=O) groups excluding carboxylic acids is 3. The summed E-state index contributed by atoms with van der Waals surface area (Å²) in [5.41, 5.74) is 3.40. The molecular formula is C28H24ClN3O3. The molecule has 0 saturated carbocycles. The molecule has 0 spiro atoms. The van der Waals surface area contributed by atoms with Crippen LogP contribution in [0.25, 0.3) is 10.9 Å². The van der Waals surface area contributed by atoms with Crippen LogP contribution in [0, 0.1) is 0 Å². The van der Waals surface area contributed by atoms with Gasteiger partial charge in [-0.1, -0.05) is 60.1 Å². The highest BCUT2D eigenvalue weighted by atomic mass is 35.5. The van der Waals surface area contributed by atoms with Crippen LogP contribution in [-0.2, 0) is 27.2 Å². The molecular weight excluding hydrogens is 462 g/mol. The van der Waals surface area contributed by atoms with Crippen LogP contribution >= 0.6 is 11.6 Å². The minimum atomic E-state index is -0.848. The molecule has 3 amide bonds. The zero-order valence-corrected chi connectivity index (χ0v) is 19.7. The summed E-state index contributed by atoms with van der Waals surface area (Å²) in [6.45, 7) is 0.325. The van der Waals surface area contributed by atoms with Gasteiger partial charge in [0, 0.05) is 28.7 Å². The first-order chi connectivity index (χ1) is 17.0. The second-order valence-electron chi connectivity index (χ2n) is 8.62. The summed E-state index contributed by atoms with van der Waals surface area (Å²) in [6.07, 6.45) is 2.61. The number of aromatic nitrogens is 1. The minimum absolute atomic E-state index is 0.0458. The van der Waals surface area contributed by atoms with E-state index in [9.17, 15) is 14.4 Å². The van der Waals surface area contributed by atoms with Gasteiger partial charge < -0.3 is 9.88 Å². The maximum atomic E-state index is 13.5. The van der Waals surface area contributed by atoms with Crippen molar-refractivity contribution in [1.29, 1.82) is 0 Å². The first-order valence-electron chi connectivity index (χ1n) is 11.5. The van der Waals surface area contributed by atoms with E-state index in [2.05, 4.69) is 4.98 Å². The molecule has 1 saturated heterocycles. The van der Waals surface area contributed by atoms with Crippen molar-refractivity contribution < 1.29 is 14.4 Å². The highest BCUT2D eigenvalue weighted by molar-refractivity contribution is 6.30. The molecule has 5 rings (SSSR count). The fraction of sp³-hybridized carbons (Fsp3) is 0.179. The monoisotopic (exact) mass is 485 g/mol. The van der Waals surface area contributed by atoms with Crippen molar-refractivity contribution in [3.8, 4) is 0 Å². The van der Waals surface area contributed by atoms with Crippen molar-refractivity contribution in [3.63, 3.8) is 0 Å². The van der Waals surface area contributed by atoms with Crippen molar-refractivity contribution in [1.82, 2.24) is 9.88 Å². The van der Waals surface area contributed by atoms with Crippen molar-refractivity contribution in [2.24, 2.45) is 0 Å². The Morgan fingerprint density at radius 1 is 0.971 bits per heavy atom. The van der Waals surface area contributed by atoms with Gasteiger partial charge in [0.05, 0.1) is 18.5 Å². The lowest BCUT2D eigenvalue weighted by atomic mass is 10.1. The van der Waals surface area contributed by atoms with Gasteiger partial charge in [-0.05, 0) is 47.9 Å². The molecule has 1 aliphatic heterocycles. The van der Waals surface area contributed by atoms with Crippen molar-refractivity contribution in [2.45, 2.75) is 25.3 Å². The minimum Gasteiger partial charge on any atom is -0.361 e. The number of nitrogens with one attached hydrogen (secondary N) is 1. The molecule has 3 aromatic carbocycles. The number of H-pyrrole nitrogens is 1.